The van der Waals surface area contributed by atoms with Gasteiger partial charge in [-0.3, -0.25) is 0 Å². The normalized spacial score (nSPS) is 18.1. The summed E-state index contributed by atoms with van der Waals surface area (Å²) < 4.78 is 11.5. The second-order valence-electron chi connectivity index (χ2n) is 7.32. The molecule has 1 atom stereocenters. The second-order valence-corrected chi connectivity index (χ2v) is 7.32. The maximum absolute atomic E-state index is 5.78. The SMILES string of the molecule is CCNC(=NCc1ccnc(OCC2CC2)c1)NC1CCOc2ccccc21.I. The van der Waals surface area contributed by atoms with E-state index in [2.05, 4.69) is 28.6 Å². The first-order chi connectivity index (χ1) is 13.8. The maximum Gasteiger partial charge on any atom is 0.213 e. The van der Waals surface area contributed by atoms with Crippen LogP contribution in [0.3, 0.4) is 0 Å². The van der Waals surface area contributed by atoms with Crippen molar-refractivity contribution in [2.45, 2.75) is 38.8 Å². The zero-order valence-electron chi connectivity index (χ0n) is 16.8. The number of nitrogens with one attached hydrogen (secondary N) is 2. The molecule has 6 nitrogen and oxygen atoms in total. The van der Waals surface area contributed by atoms with Crippen LogP contribution in [0.2, 0.25) is 0 Å². The predicted molar refractivity (Wildman–Crippen MR) is 125 cm³/mol. The van der Waals surface area contributed by atoms with Crippen LogP contribution in [0.25, 0.3) is 0 Å². The van der Waals surface area contributed by atoms with Gasteiger partial charge in [0.2, 0.25) is 5.88 Å². The summed E-state index contributed by atoms with van der Waals surface area (Å²) in [6.07, 6.45) is 5.26. The van der Waals surface area contributed by atoms with E-state index in [0.717, 1.165) is 42.8 Å². The Hall–Kier alpha value is -2.03. The van der Waals surface area contributed by atoms with E-state index in [1.807, 2.05) is 30.3 Å². The van der Waals surface area contributed by atoms with Gasteiger partial charge in [0.15, 0.2) is 5.96 Å². The fraction of sp³-hybridized carbons (Fsp3) is 0.455. The Morgan fingerprint density at radius 2 is 2.10 bits per heavy atom. The molecule has 0 saturated heterocycles. The van der Waals surface area contributed by atoms with E-state index >= 15 is 0 Å². The number of benzene rings is 1. The van der Waals surface area contributed by atoms with Crippen molar-refractivity contribution in [3.05, 3.63) is 53.7 Å². The van der Waals surface area contributed by atoms with Gasteiger partial charge in [-0.05, 0) is 43.4 Å². The molecular weight excluding hydrogens is 479 g/mol. The number of halogens is 1. The molecule has 0 bridgehead atoms. The Balaban J connectivity index is 0.00000240. The van der Waals surface area contributed by atoms with E-state index in [9.17, 15) is 0 Å². The van der Waals surface area contributed by atoms with E-state index in [-0.39, 0.29) is 30.0 Å². The average molecular weight is 508 g/mol. The van der Waals surface area contributed by atoms with Gasteiger partial charge in [-0.1, -0.05) is 18.2 Å². The molecule has 1 saturated carbocycles. The second kappa shape index (κ2) is 10.7. The van der Waals surface area contributed by atoms with E-state index < -0.39 is 0 Å². The lowest BCUT2D eigenvalue weighted by Gasteiger charge is -2.28. The smallest absolute Gasteiger partial charge is 0.213 e. The number of aliphatic imine (C=N–C) groups is 1. The molecule has 1 aromatic carbocycles. The topological polar surface area (TPSA) is 67.8 Å². The van der Waals surface area contributed by atoms with Gasteiger partial charge in [0.1, 0.15) is 5.75 Å². The minimum atomic E-state index is 0. The van der Waals surface area contributed by atoms with Gasteiger partial charge in [-0.15, -0.1) is 24.0 Å². The number of aromatic nitrogens is 1. The molecule has 2 heterocycles. The molecule has 0 amide bonds. The molecule has 7 heteroatoms. The fourth-order valence-corrected chi connectivity index (χ4v) is 3.26. The molecule has 0 spiro atoms. The zero-order chi connectivity index (χ0) is 19.2. The van der Waals surface area contributed by atoms with Gasteiger partial charge in [0.05, 0.1) is 25.8 Å². The van der Waals surface area contributed by atoms with E-state index in [1.54, 1.807) is 6.20 Å². The lowest BCUT2D eigenvalue weighted by molar-refractivity contribution is 0.261. The number of guanidine groups is 1. The number of pyridine rings is 1. The summed E-state index contributed by atoms with van der Waals surface area (Å²) in [7, 11) is 0. The first-order valence-electron chi connectivity index (χ1n) is 10.2. The average Bonchev–Trinajstić information content (AvgIpc) is 3.56. The Kier molecular flexibility index (Phi) is 7.97. The predicted octanol–water partition coefficient (Wildman–Crippen LogP) is 4.07. The standard InChI is InChI=1S/C22H28N4O2.HI/c1-2-23-22(26-19-10-12-27-20-6-4-3-5-18(19)20)25-14-17-9-11-24-21(13-17)28-15-16-7-8-16;/h3-6,9,11,13,16,19H,2,7-8,10,12,14-15H2,1H3,(H2,23,25,26);1H. The molecular formula is C22H29IN4O2. The molecule has 4 rings (SSSR count). The number of fused-ring (bicyclic) bond motifs is 1. The van der Waals surface area contributed by atoms with Crippen LogP contribution in [0, 0.1) is 5.92 Å². The first-order valence-corrected chi connectivity index (χ1v) is 10.2. The number of ether oxygens (including phenoxy) is 2. The number of hydrogen-bond acceptors (Lipinski definition) is 4. The molecule has 156 valence electrons. The molecule has 2 N–H and O–H groups in total. The van der Waals surface area contributed by atoms with E-state index in [4.69, 9.17) is 14.5 Å². The summed E-state index contributed by atoms with van der Waals surface area (Å²) in [6, 6.07) is 12.4. The monoisotopic (exact) mass is 508 g/mol. The molecule has 2 aromatic rings. The van der Waals surface area contributed by atoms with Crippen molar-refractivity contribution in [3.63, 3.8) is 0 Å². The van der Waals surface area contributed by atoms with Crippen LogP contribution >= 0.6 is 24.0 Å². The highest BCUT2D eigenvalue weighted by molar-refractivity contribution is 14.0. The quantitative estimate of drug-likeness (QED) is 0.336. The Labute approximate surface area is 189 Å². The highest BCUT2D eigenvalue weighted by Crippen LogP contribution is 2.31. The van der Waals surface area contributed by atoms with Crippen molar-refractivity contribution in [3.8, 4) is 11.6 Å². The Bertz CT molecular complexity index is 826. The highest BCUT2D eigenvalue weighted by atomic mass is 127. The maximum atomic E-state index is 5.78. The molecule has 1 fully saturated rings. The van der Waals surface area contributed by atoms with Crippen LogP contribution in [0.5, 0.6) is 11.6 Å². The minimum absolute atomic E-state index is 0. The largest absolute Gasteiger partial charge is 0.493 e. The van der Waals surface area contributed by atoms with Crippen LogP contribution in [0.1, 0.15) is 43.4 Å². The van der Waals surface area contributed by atoms with Crippen molar-refractivity contribution < 1.29 is 9.47 Å². The summed E-state index contributed by atoms with van der Waals surface area (Å²) in [5, 5.41) is 6.90. The van der Waals surface area contributed by atoms with Gasteiger partial charge in [0.25, 0.3) is 0 Å². The molecule has 29 heavy (non-hydrogen) atoms. The molecule has 1 aliphatic carbocycles. The van der Waals surface area contributed by atoms with Crippen molar-refractivity contribution in [1.82, 2.24) is 15.6 Å². The Morgan fingerprint density at radius 1 is 1.24 bits per heavy atom. The van der Waals surface area contributed by atoms with Gasteiger partial charge >= 0.3 is 0 Å². The summed E-state index contributed by atoms with van der Waals surface area (Å²) in [4.78, 5) is 9.08. The molecule has 2 aliphatic rings. The number of rotatable bonds is 7. The van der Waals surface area contributed by atoms with Crippen molar-refractivity contribution in [1.29, 1.82) is 0 Å². The third-order valence-corrected chi connectivity index (χ3v) is 5.00. The van der Waals surface area contributed by atoms with Gasteiger partial charge in [-0.2, -0.15) is 0 Å². The fourth-order valence-electron chi connectivity index (χ4n) is 3.26. The number of nitrogens with zero attached hydrogens (tertiary/aromatic N) is 2. The van der Waals surface area contributed by atoms with Crippen molar-refractivity contribution >= 4 is 29.9 Å². The molecule has 0 radical (unpaired) electrons. The highest BCUT2D eigenvalue weighted by Gasteiger charge is 2.22. The van der Waals surface area contributed by atoms with Gasteiger partial charge in [-0.25, -0.2) is 9.98 Å². The van der Waals surface area contributed by atoms with Crippen LogP contribution in [-0.2, 0) is 6.54 Å². The van der Waals surface area contributed by atoms with Crippen molar-refractivity contribution in [2.75, 3.05) is 19.8 Å². The molecule has 1 unspecified atom stereocenters. The third kappa shape index (κ3) is 6.22. The summed E-state index contributed by atoms with van der Waals surface area (Å²) in [5.74, 6) is 3.17. The first kappa shape index (κ1) is 21.7. The van der Waals surface area contributed by atoms with Gasteiger partial charge < -0.3 is 20.1 Å². The minimum Gasteiger partial charge on any atom is -0.493 e. The van der Waals surface area contributed by atoms with Crippen LogP contribution in [0.15, 0.2) is 47.6 Å². The molecule has 1 aliphatic heterocycles. The van der Waals surface area contributed by atoms with E-state index in [0.29, 0.717) is 19.0 Å². The van der Waals surface area contributed by atoms with Crippen LogP contribution in [0.4, 0.5) is 0 Å². The Morgan fingerprint density at radius 3 is 2.93 bits per heavy atom. The van der Waals surface area contributed by atoms with Crippen LogP contribution < -0.4 is 20.1 Å². The zero-order valence-corrected chi connectivity index (χ0v) is 19.1. The number of hydrogen-bond donors (Lipinski definition) is 2. The van der Waals surface area contributed by atoms with Crippen molar-refractivity contribution in [2.24, 2.45) is 10.9 Å². The summed E-state index contributed by atoms with van der Waals surface area (Å²) in [6.45, 7) is 4.93. The van der Waals surface area contributed by atoms with E-state index in [1.165, 1.54) is 18.4 Å². The lowest BCUT2D eigenvalue weighted by Crippen LogP contribution is -2.41. The molecule has 1 aromatic heterocycles. The summed E-state index contributed by atoms with van der Waals surface area (Å²) >= 11 is 0. The lowest BCUT2D eigenvalue weighted by atomic mass is 10.0. The number of para-hydroxylation sites is 1. The third-order valence-electron chi connectivity index (χ3n) is 5.00. The van der Waals surface area contributed by atoms with Crippen LogP contribution in [-0.4, -0.2) is 30.7 Å². The van der Waals surface area contributed by atoms with Gasteiger partial charge in [0, 0.05) is 30.8 Å². The summed E-state index contributed by atoms with van der Waals surface area (Å²) in [5.41, 5.74) is 2.27.